The molecule has 6 N–H and O–H groups in total. The molecule has 0 aromatic rings. The number of aliphatic imine (C=N–C) groups is 1. The Morgan fingerprint density at radius 1 is 1.42 bits per heavy atom. The van der Waals surface area contributed by atoms with Gasteiger partial charge in [-0.25, -0.2) is 4.79 Å². The van der Waals surface area contributed by atoms with E-state index in [1.165, 1.54) is 7.11 Å². The number of nitrogens with two attached hydrogens (primary N) is 1. The highest BCUT2D eigenvalue weighted by Gasteiger charge is 2.74. The molecule has 0 aromatic heterocycles. The van der Waals surface area contributed by atoms with Crippen molar-refractivity contribution in [1.29, 1.82) is 0 Å². The van der Waals surface area contributed by atoms with Gasteiger partial charge in [-0.1, -0.05) is 13.0 Å². The number of allylic oxidation sites excluding steroid dienone is 1. The van der Waals surface area contributed by atoms with Crippen LogP contribution in [0.5, 0.6) is 0 Å². The molecular weight excluding hydrogens is 424 g/mol. The van der Waals surface area contributed by atoms with Crippen LogP contribution in [0.2, 0.25) is 0 Å². The van der Waals surface area contributed by atoms with Crippen molar-refractivity contribution in [3.8, 4) is 0 Å². The van der Waals surface area contributed by atoms with Gasteiger partial charge in [-0.3, -0.25) is 4.99 Å². The number of nitrogens with zero attached hydrogens (tertiary/aromatic N) is 2. The summed E-state index contributed by atoms with van der Waals surface area (Å²) >= 11 is 0. The standard InChI is InChI=1S/C24H38N4O5/c1-15-4-5-16-10-18-19(20(30)31)22(32,14-33-3)12-23(15,18)24(16)13-28(21(25)26-2)8-6-17(24)11-27-7-9-29/h6,8,15-17,27,29,32H,4-5,7,9-14H2,1-3H3,(H2,25,26)(H,30,31)/t15-,16-,17-,22+,23+,24-/m1/s1. The van der Waals surface area contributed by atoms with E-state index in [4.69, 9.17) is 10.5 Å². The van der Waals surface area contributed by atoms with Gasteiger partial charge in [-0.2, -0.15) is 0 Å². The fourth-order valence-electron chi connectivity index (χ4n) is 7.97. The number of guanidine groups is 1. The number of aliphatic hydroxyl groups excluding tert-OH is 1. The van der Waals surface area contributed by atoms with E-state index < -0.39 is 17.0 Å². The molecule has 2 spiro atoms. The van der Waals surface area contributed by atoms with Gasteiger partial charge in [-0.05, 0) is 49.0 Å². The lowest BCUT2D eigenvalue weighted by atomic mass is 9.46. The third-order valence-corrected chi connectivity index (χ3v) is 9.04. The first-order chi connectivity index (χ1) is 15.7. The van der Waals surface area contributed by atoms with Crippen LogP contribution in [0.15, 0.2) is 28.4 Å². The first-order valence-electron chi connectivity index (χ1n) is 11.9. The summed E-state index contributed by atoms with van der Waals surface area (Å²) in [5.74, 6) is -0.0713. The Kier molecular flexibility index (Phi) is 6.37. The summed E-state index contributed by atoms with van der Waals surface area (Å²) in [6.45, 7) is 3.99. The Hall–Kier alpha value is -1.94. The molecule has 1 heterocycles. The smallest absolute Gasteiger partial charge is 0.334 e. The van der Waals surface area contributed by atoms with Crippen LogP contribution in [0.4, 0.5) is 0 Å². The molecule has 4 rings (SSSR count). The number of nitrogens with one attached hydrogen (secondary N) is 1. The average Bonchev–Trinajstić information content (AvgIpc) is 3.12. The molecule has 33 heavy (non-hydrogen) atoms. The molecule has 9 heteroatoms. The Bertz CT molecular complexity index is 888. The molecule has 0 aromatic carbocycles. The molecule has 4 aliphatic rings. The topological polar surface area (TPSA) is 141 Å². The number of rotatable bonds is 7. The summed E-state index contributed by atoms with van der Waals surface area (Å²) in [5, 5.41) is 34.7. The first kappa shape index (κ1) is 24.2. The van der Waals surface area contributed by atoms with Crippen LogP contribution in [-0.2, 0) is 9.53 Å². The molecule has 6 atom stereocenters. The van der Waals surface area contributed by atoms with E-state index in [9.17, 15) is 20.1 Å². The van der Waals surface area contributed by atoms with E-state index in [0.717, 1.165) is 18.4 Å². The third-order valence-electron chi connectivity index (χ3n) is 9.04. The number of hydrogen-bond donors (Lipinski definition) is 5. The van der Waals surface area contributed by atoms with Crippen LogP contribution >= 0.6 is 0 Å². The van der Waals surface area contributed by atoms with Gasteiger partial charge in [0.2, 0.25) is 0 Å². The van der Waals surface area contributed by atoms with Crippen molar-refractivity contribution in [3.05, 3.63) is 23.4 Å². The molecule has 1 aliphatic heterocycles. The summed E-state index contributed by atoms with van der Waals surface area (Å²) in [6, 6.07) is 0. The summed E-state index contributed by atoms with van der Waals surface area (Å²) in [7, 11) is 3.17. The monoisotopic (exact) mass is 462 g/mol. The van der Waals surface area contributed by atoms with E-state index in [2.05, 4.69) is 23.3 Å². The Labute approximate surface area is 195 Å². The van der Waals surface area contributed by atoms with Gasteiger partial charge in [0.15, 0.2) is 5.96 Å². The minimum Gasteiger partial charge on any atom is -0.478 e. The zero-order valence-electron chi connectivity index (χ0n) is 19.9. The summed E-state index contributed by atoms with van der Waals surface area (Å²) < 4.78 is 5.35. The van der Waals surface area contributed by atoms with Crippen LogP contribution in [0.3, 0.4) is 0 Å². The van der Waals surface area contributed by atoms with Crippen LogP contribution in [0.1, 0.15) is 32.6 Å². The van der Waals surface area contributed by atoms with Crippen LogP contribution < -0.4 is 11.1 Å². The van der Waals surface area contributed by atoms with E-state index in [0.29, 0.717) is 38.4 Å². The number of hydrogen-bond acceptors (Lipinski definition) is 6. The van der Waals surface area contributed by atoms with Crippen molar-refractivity contribution in [2.24, 2.45) is 39.3 Å². The number of carbonyl (C=O) groups is 1. The molecule has 184 valence electrons. The summed E-state index contributed by atoms with van der Waals surface area (Å²) in [4.78, 5) is 18.7. The highest BCUT2D eigenvalue weighted by Crippen LogP contribution is 2.77. The van der Waals surface area contributed by atoms with E-state index in [-0.39, 0.29) is 42.0 Å². The van der Waals surface area contributed by atoms with Gasteiger partial charge < -0.3 is 36.0 Å². The highest BCUT2D eigenvalue weighted by molar-refractivity contribution is 5.92. The van der Waals surface area contributed by atoms with Crippen molar-refractivity contribution in [2.45, 2.75) is 38.2 Å². The van der Waals surface area contributed by atoms with Gasteiger partial charge in [0.25, 0.3) is 0 Å². The summed E-state index contributed by atoms with van der Waals surface area (Å²) in [6.07, 6.45) is 7.14. The SMILES string of the molecule is CN=C(N)N1C=C[C@H](CNCCO)[C@@]2(C1)[C@@H]1CC[C@@H](C)[C@]23C[C@](O)(COC)C(C(=O)O)=C3C1. The molecule has 9 nitrogen and oxygen atoms in total. The van der Waals surface area contributed by atoms with Crippen molar-refractivity contribution in [3.63, 3.8) is 0 Å². The molecule has 0 amide bonds. The maximum absolute atomic E-state index is 12.5. The fourth-order valence-corrected chi connectivity index (χ4v) is 7.97. The zero-order chi connectivity index (χ0) is 24.0. The van der Waals surface area contributed by atoms with Crippen molar-refractivity contribution >= 4 is 11.9 Å². The number of ether oxygens (including phenoxy) is 1. The molecule has 2 fully saturated rings. The van der Waals surface area contributed by atoms with Gasteiger partial charge in [-0.15, -0.1) is 0 Å². The zero-order valence-corrected chi connectivity index (χ0v) is 19.9. The molecule has 0 saturated heterocycles. The minimum atomic E-state index is -1.53. The lowest BCUT2D eigenvalue weighted by molar-refractivity contribution is -0.138. The second-order valence-corrected chi connectivity index (χ2v) is 10.3. The number of carboxylic acid groups (broad SMARTS) is 1. The van der Waals surface area contributed by atoms with Gasteiger partial charge in [0, 0.05) is 50.8 Å². The second-order valence-electron chi connectivity index (χ2n) is 10.3. The van der Waals surface area contributed by atoms with Crippen molar-refractivity contribution < 1.29 is 24.9 Å². The van der Waals surface area contributed by atoms with E-state index in [1.807, 2.05) is 11.1 Å². The fraction of sp³-hybridized carbons (Fsp3) is 0.750. The maximum Gasteiger partial charge on any atom is 0.334 e. The number of aliphatic hydroxyl groups is 2. The third kappa shape index (κ3) is 3.27. The van der Waals surface area contributed by atoms with Crippen LogP contribution in [-0.4, -0.2) is 84.8 Å². The normalized spacial score (nSPS) is 40.1. The Morgan fingerprint density at radius 3 is 2.82 bits per heavy atom. The molecule has 0 radical (unpaired) electrons. The lowest BCUT2D eigenvalue weighted by Gasteiger charge is -2.61. The maximum atomic E-state index is 12.5. The lowest BCUT2D eigenvalue weighted by Crippen LogP contribution is -2.62. The number of aliphatic carboxylic acids is 1. The second kappa shape index (κ2) is 8.69. The van der Waals surface area contributed by atoms with E-state index in [1.54, 1.807) is 7.05 Å². The van der Waals surface area contributed by atoms with Crippen LogP contribution in [0, 0.1) is 28.6 Å². The Morgan fingerprint density at radius 2 is 2.18 bits per heavy atom. The first-order valence-corrected chi connectivity index (χ1v) is 11.9. The average molecular weight is 463 g/mol. The largest absolute Gasteiger partial charge is 0.478 e. The summed E-state index contributed by atoms with van der Waals surface area (Å²) in [5.41, 5.74) is 4.96. The predicted octanol–water partition coefficient (Wildman–Crippen LogP) is 0.543. The molecule has 0 unspecified atom stereocenters. The predicted molar refractivity (Wildman–Crippen MR) is 124 cm³/mol. The molecule has 2 bridgehead atoms. The van der Waals surface area contributed by atoms with Gasteiger partial charge >= 0.3 is 5.97 Å². The van der Waals surface area contributed by atoms with Gasteiger partial charge in [0.05, 0.1) is 18.8 Å². The minimum absolute atomic E-state index is 0.0428. The van der Waals surface area contributed by atoms with Gasteiger partial charge in [0.1, 0.15) is 5.60 Å². The van der Waals surface area contributed by atoms with Crippen molar-refractivity contribution in [2.75, 3.05) is 47.0 Å². The van der Waals surface area contributed by atoms with E-state index >= 15 is 0 Å². The molecule has 2 saturated carbocycles. The highest BCUT2D eigenvalue weighted by atomic mass is 16.5. The van der Waals surface area contributed by atoms with Crippen molar-refractivity contribution in [1.82, 2.24) is 10.2 Å². The number of carboxylic acids is 1. The number of methoxy groups -OCH3 is 1. The Balaban J connectivity index is 1.92. The van der Waals surface area contributed by atoms with Crippen LogP contribution in [0.25, 0.3) is 0 Å². The quantitative estimate of drug-likeness (QED) is 0.210. The molecule has 3 aliphatic carbocycles. The molecular formula is C24H38N4O5.